The summed E-state index contributed by atoms with van der Waals surface area (Å²) in [5.41, 5.74) is 0.583. The number of carbonyl (C=O) groups is 1. The lowest BCUT2D eigenvalue weighted by Crippen LogP contribution is -2.29. The standard InChI is InChI=1S/C17H16F2N6O2/c1-2-15-20-16(27-22-15)14-9-25(23-21-14)11-5-6-24(8-11)17(26)10-3-4-12(18)13(19)7-10/h3-4,7,9,11H,2,5-6,8H2,1H3. The van der Waals surface area contributed by atoms with Crippen LogP contribution >= 0.6 is 0 Å². The number of aromatic nitrogens is 5. The molecule has 1 fully saturated rings. The van der Waals surface area contributed by atoms with Crippen LogP contribution < -0.4 is 0 Å². The molecule has 1 atom stereocenters. The van der Waals surface area contributed by atoms with Crippen LogP contribution in [0.1, 0.15) is 35.6 Å². The third-order valence-corrected chi connectivity index (χ3v) is 4.50. The molecule has 1 aliphatic heterocycles. The number of benzene rings is 1. The molecule has 4 rings (SSSR count). The molecule has 1 aromatic carbocycles. The third-order valence-electron chi connectivity index (χ3n) is 4.50. The minimum absolute atomic E-state index is 0.0749. The molecule has 27 heavy (non-hydrogen) atoms. The second-order valence-electron chi connectivity index (χ2n) is 6.28. The molecule has 3 heterocycles. The van der Waals surface area contributed by atoms with Gasteiger partial charge in [-0.2, -0.15) is 4.98 Å². The molecular weight excluding hydrogens is 358 g/mol. The van der Waals surface area contributed by atoms with E-state index in [0.29, 0.717) is 43.3 Å². The summed E-state index contributed by atoms with van der Waals surface area (Å²) in [6.45, 7) is 2.80. The maximum absolute atomic E-state index is 13.4. The van der Waals surface area contributed by atoms with Gasteiger partial charge in [0.05, 0.1) is 12.2 Å². The van der Waals surface area contributed by atoms with E-state index in [0.717, 1.165) is 12.1 Å². The van der Waals surface area contributed by atoms with E-state index >= 15 is 0 Å². The summed E-state index contributed by atoms with van der Waals surface area (Å²) in [4.78, 5) is 18.3. The van der Waals surface area contributed by atoms with Gasteiger partial charge < -0.3 is 9.42 Å². The van der Waals surface area contributed by atoms with E-state index in [1.807, 2.05) is 6.92 Å². The van der Waals surface area contributed by atoms with Gasteiger partial charge in [0.15, 0.2) is 23.2 Å². The largest absolute Gasteiger partial charge is 0.336 e. The molecule has 1 saturated heterocycles. The topological polar surface area (TPSA) is 89.9 Å². The second kappa shape index (κ2) is 6.86. The summed E-state index contributed by atoms with van der Waals surface area (Å²) >= 11 is 0. The number of nitrogens with zero attached hydrogens (tertiary/aromatic N) is 6. The Labute approximate surface area is 152 Å². The molecule has 1 amide bonds. The van der Waals surface area contributed by atoms with Gasteiger partial charge in [0.1, 0.15) is 0 Å². The number of rotatable bonds is 4. The van der Waals surface area contributed by atoms with Crippen molar-refractivity contribution < 1.29 is 18.1 Å². The monoisotopic (exact) mass is 374 g/mol. The van der Waals surface area contributed by atoms with Gasteiger partial charge >= 0.3 is 0 Å². The predicted octanol–water partition coefficient (Wildman–Crippen LogP) is 2.26. The number of carbonyl (C=O) groups excluding carboxylic acids is 1. The zero-order valence-corrected chi connectivity index (χ0v) is 14.5. The van der Waals surface area contributed by atoms with Crippen LogP contribution in [0, 0.1) is 11.6 Å². The predicted molar refractivity (Wildman–Crippen MR) is 88.6 cm³/mol. The lowest BCUT2D eigenvalue weighted by molar-refractivity contribution is 0.0786. The molecular formula is C17H16F2N6O2. The molecule has 2 aromatic heterocycles. The maximum Gasteiger partial charge on any atom is 0.280 e. The van der Waals surface area contributed by atoms with Crippen molar-refractivity contribution >= 4 is 5.91 Å². The van der Waals surface area contributed by atoms with Crippen LogP contribution in [0.2, 0.25) is 0 Å². The molecule has 3 aromatic rings. The Kier molecular flexibility index (Phi) is 4.38. The Bertz CT molecular complexity index is 985. The Morgan fingerprint density at radius 1 is 1.33 bits per heavy atom. The Morgan fingerprint density at radius 3 is 2.93 bits per heavy atom. The van der Waals surface area contributed by atoms with Crippen molar-refractivity contribution in [2.45, 2.75) is 25.8 Å². The minimum Gasteiger partial charge on any atom is -0.336 e. The normalized spacial score (nSPS) is 16.9. The number of hydrogen-bond donors (Lipinski definition) is 0. The van der Waals surface area contributed by atoms with Crippen LogP contribution in [0.3, 0.4) is 0 Å². The Hall–Kier alpha value is -3.17. The van der Waals surface area contributed by atoms with E-state index in [-0.39, 0.29) is 17.5 Å². The Morgan fingerprint density at radius 2 is 2.19 bits per heavy atom. The van der Waals surface area contributed by atoms with Gasteiger partial charge in [-0.25, -0.2) is 13.5 Å². The first kappa shape index (κ1) is 17.3. The third kappa shape index (κ3) is 3.29. The fourth-order valence-corrected chi connectivity index (χ4v) is 3.01. The van der Waals surface area contributed by atoms with Gasteiger partial charge in [-0.05, 0) is 24.6 Å². The van der Waals surface area contributed by atoms with Crippen LogP contribution in [0.25, 0.3) is 11.6 Å². The summed E-state index contributed by atoms with van der Waals surface area (Å²) in [5, 5.41) is 12.0. The fraction of sp³-hybridized carbons (Fsp3) is 0.353. The van der Waals surface area contributed by atoms with E-state index in [2.05, 4.69) is 20.5 Å². The molecule has 8 nitrogen and oxygen atoms in total. The second-order valence-corrected chi connectivity index (χ2v) is 6.28. The van der Waals surface area contributed by atoms with Gasteiger partial charge in [-0.3, -0.25) is 4.79 Å². The van der Waals surface area contributed by atoms with Crippen LogP contribution in [0.4, 0.5) is 8.78 Å². The van der Waals surface area contributed by atoms with Crippen LogP contribution in [0.15, 0.2) is 28.9 Å². The van der Waals surface area contributed by atoms with Crippen LogP contribution in [0.5, 0.6) is 0 Å². The SMILES string of the molecule is CCc1noc(-c2cn(C3CCN(C(=O)c4ccc(F)c(F)c4)C3)nn2)n1. The first-order valence-corrected chi connectivity index (χ1v) is 8.54. The number of halogens is 2. The van der Waals surface area contributed by atoms with Crippen molar-refractivity contribution in [3.05, 3.63) is 47.4 Å². The summed E-state index contributed by atoms with van der Waals surface area (Å²) in [6.07, 6.45) is 3.02. The van der Waals surface area contributed by atoms with E-state index in [1.54, 1.807) is 15.8 Å². The number of aryl methyl sites for hydroxylation is 1. The van der Waals surface area contributed by atoms with E-state index in [9.17, 15) is 13.6 Å². The molecule has 0 aliphatic carbocycles. The fourth-order valence-electron chi connectivity index (χ4n) is 3.01. The molecule has 0 radical (unpaired) electrons. The lowest BCUT2D eigenvalue weighted by atomic mass is 10.2. The number of likely N-dealkylation sites (tertiary alicyclic amines) is 1. The number of hydrogen-bond acceptors (Lipinski definition) is 6. The molecule has 1 unspecified atom stereocenters. The zero-order chi connectivity index (χ0) is 19.0. The summed E-state index contributed by atoms with van der Waals surface area (Å²) in [5.74, 6) is -1.48. The van der Waals surface area contributed by atoms with Crippen molar-refractivity contribution in [2.75, 3.05) is 13.1 Å². The van der Waals surface area contributed by atoms with E-state index in [4.69, 9.17) is 4.52 Å². The van der Waals surface area contributed by atoms with Crippen molar-refractivity contribution in [1.82, 2.24) is 30.0 Å². The smallest absolute Gasteiger partial charge is 0.280 e. The molecule has 0 spiro atoms. The Balaban J connectivity index is 1.46. The summed E-state index contributed by atoms with van der Waals surface area (Å²) in [6, 6.07) is 3.07. The first-order chi connectivity index (χ1) is 13.0. The minimum atomic E-state index is -1.04. The molecule has 0 N–H and O–H groups in total. The molecule has 0 saturated carbocycles. The molecule has 1 aliphatic rings. The highest BCUT2D eigenvalue weighted by Crippen LogP contribution is 2.24. The van der Waals surface area contributed by atoms with Crippen molar-refractivity contribution in [2.24, 2.45) is 0 Å². The lowest BCUT2D eigenvalue weighted by Gasteiger charge is -2.16. The summed E-state index contributed by atoms with van der Waals surface area (Å²) in [7, 11) is 0. The summed E-state index contributed by atoms with van der Waals surface area (Å²) < 4.78 is 33.2. The van der Waals surface area contributed by atoms with Crippen molar-refractivity contribution in [3.63, 3.8) is 0 Å². The van der Waals surface area contributed by atoms with Gasteiger partial charge in [0.2, 0.25) is 0 Å². The number of amides is 1. The van der Waals surface area contributed by atoms with E-state index in [1.165, 1.54) is 6.07 Å². The van der Waals surface area contributed by atoms with Gasteiger partial charge in [0, 0.05) is 25.1 Å². The van der Waals surface area contributed by atoms with Gasteiger partial charge in [0.25, 0.3) is 11.8 Å². The van der Waals surface area contributed by atoms with Crippen LogP contribution in [-0.2, 0) is 6.42 Å². The van der Waals surface area contributed by atoms with Crippen LogP contribution in [-0.4, -0.2) is 49.0 Å². The molecule has 140 valence electrons. The molecule has 0 bridgehead atoms. The van der Waals surface area contributed by atoms with Gasteiger partial charge in [-0.15, -0.1) is 5.10 Å². The highest BCUT2D eigenvalue weighted by molar-refractivity contribution is 5.94. The average molecular weight is 374 g/mol. The highest BCUT2D eigenvalue weighted by atomic mass is 19.2. The average Bonchev–Trinajstić information content (AvgIpc) is 3.42. The maximum atomic E-state index is 13.4. The van der Waals surface area contributed by atoms with Crippen molar-refractivity contribution in [1.29, 1.82) is 0 Å². The highest BCUT2D eigenvalue weighted by Gasteiger charge is 2.29. The van der Waals surface area contributed by atoms with Crippen molar-refractivity contribution in [3.8, 4) is 11.6 Å². The molecule has 10 heteroatoms. The quantitative estimate of drug-likeness (QED) is 0.696. The van der Waals surface area contributed by atoms with E-state index < -0.39 is 11.6 Å². The first-order valence-electron chi connectivity index (χ1n) is 8.54. The zero-order valence-electron chi connectivity index (χ0n) is 14.5. The van der Waals surface area contributed by atoms with Gasteiger partial charge in [-0.1, -0.05) is 17.3 Å².